The quantitative estimate of drug-likeness (QED) is 0.591. The molecule has 10 heteroatoms. The van der Waals surface area contributed by atoms with Crippen molar-refractivity contribution in [3.63, 3.8) is 0 Å². The molecule has 134 valence electrons. The van der Waals surface area contributed by atoms with Gasteiger partial charge in [0, 0.05) is 19.1 Å². The number of fused-ring (bicyclic) bond motifs is 1. The minimum atomic E-state index is -0.0533. The SMILES string of the molecule is C=CC(=O)N1CCCC(Nc2nc(Nc3cnoc3)nc3[nH]ncc23)C1. The van der Waals surface area contributed by atoms with Crippen LogP contribution >= 0.6 is 0 Å². The van der Waals surface area contributed by atoms with Gasteiger partial charge in [0.15, 0.2) is 5.65 Å². The summed E-state index contributed by atoms with van der Waals surface area (Å²) in [5.41, 5.74) is 1.26. The maximum absolute atomic E-state index is 11.9. The van der Waals surface area contributed by atoms with Crippen LogP contribution in [0.25, 0.3) is 11.0 Å². The van der Waals surface area contributed by atoms with Gasteiger partial charge in [-0.25, -0.2) is 0 Å². The van der Waals surface area contributed by atoms with Crippen LogP contribution in [0.5, 0.6) is 0 Å². The van der Waals surface area contributed by atoms with Crippen molar-refractivity contribution in [2.24, 2.45) is 0 Å². The van der Waals surface area contributed by atoms with E-state index in [9.17, 15) is 4.79 Å². The summed E-state index contributed by atoms with van der Waals surface area (Å²) in [5, 5.41) is 17.8. The van der Waals surface area contributed by atoms with Gasteiger partial charge in [0.2, 0.25) is 11.9 Å². The molecule has 10 nitrogen and oxygen atoms in total. The van der Waals surface area contributed by atoms with Gasteiger partial charge in [-0.2, -0.15) is 15.1 Å². The van der Waals surface area contributed by atoms with E-state index in [4.69, 9.17) is 4.52 Å². The number of hydrogen-bond acceptors (Lipinski definition) is 8. The molecule has 0 aliphatic carbocycles. The van der Waals surface area contributed by atoms with Crippen LogP contribution in [0.2, 0.25) is 0 Å². The smallest absolute Gasteiger partial charge is 0.246 e. The predicted molar refractivity (Wildman–Crippen MR) is 94.9 cm³/mol. The molecule has 0 radical (unpaired) electrons. The van der Waals surface area contributed by atoms with Crippen molar-refractivity contribution in [3.8, 4) is 0 Å². The molecule has 0 spiro atoms. The normalized spacial score (nSPS) is 17.2. The molecule has 1 amide bonds. The lowest BCUT2D eigenvalue weighted by atomic mass is 10.1. The first-order valence-corrected chi connectivity index (χ1v) is 8.28. The summed E-state index contributed by atoms with van der Waals surface area (Å²) in [6, 6.07) is 0.0871. The molecule has 1 atom stereocenters. The van der Waals surface area contributed by atoms with Crippen molar-refractivity contribution >= 4 is 34.4 Å². The van der Waals surface area contributed by atoms with E-state index in [1.54, 1.807) is 11.1 Å². The first kappa shape index (κ1) is 16.1. The molecule has 0 saturated carbocycles. The lowest BCUT2D eigenvalue weighted by molar-refractivity contribution is -0.127. The van der Waals surface area contributed by atoms with Crippen molar-refractivity contribution in [1.82, 2.24) is 30.2 Å². The van der Waals surface area contributed by atoms with Gasteiger partial charge in [-0.3, -0.25) is 9.89 Å². The standard InChI is InChI=1S/C16H18N8O2/c1-2-13(25)24-5-3-4-10(8-24)19-14-12-7-17-23-15(12)22-16(21-14)20-11-6-18-26-9-11/h2,6-7,9-10H,1,3-5,8H2,(H3,17,19,20,21,22,23). The number of nitrogens with zero attached hydrogens (tertiary/aromatic N) is 5. The monoisotopic (exact) mass is 354 g/mol. The molecule has 1 aliphatic heterocycles. The first-order valence-electron chi connectivity index (χ1n) is 8.28. The summed E-state index contributed by atoms with van der Waals surface area (Å²) in [4.78, 5) is 22.6. The molecular weight excluding hydrogens is 336 g/mol. The Kier molecular flexibility index (Phi) is 4.22. The molecule has 4 rings (SSSR count). The fraction of sp³-hybridized carbons (Fsp3) is 0.312. The van der Waals surface area contributed by atoms with Crippen LogP contribution in [-0.4, -0.2) is 55.3 Å². The Balaban J connectivity index is 1.58. The fourth-order valence-corrected chi connectivity index (χ4v) is 3.01. The Labute approximate surface area is 148 Å². The third-order valence-corrected chi connectivity index (χ3v) is 4.25. The molecule has 1 aliphatic rings. The van der Waals surface area contributed by atoms with Gasteiger partial charge < -0.3 is 20.1 Å². The Hall–Kier alpha value is -3.43. The molecular formula is C16H18N8O2. The molecule has 3 aromatic rings. The number of aromatic nitrogens is 5. The van der Waals surface area contributed by atoms with Crippen LogP contribution < -0.4 is 10.6 Å². The van der Waals surface area contributed by atoms with Crippen molar-refractivity contribution in [2.75, 3.05) is 23.7 Å². The Morgan fingerprint density at radius 1 is 1.42 bits per heavy atom. The molecule has 1 fully saturated rings. The molecule has 1 unspecified atom stereocenters. The number of anilines is 3. The minimum Gasteiger partial charge on any atom is -0.365 e. The Bertz CT molecular complexity index is 920. The van der Waals surface area contributed by atoms with Gasteiger partial charge >= 0.3 is 0 Å². The minimum absolute atomic E-state index is 0.0533. The van der Waals surface area contributed by atoms with Crippen LogP contribution in [-0.2, 0) is 4.79 Å². The number of carbonyl (C=O) groups is 1. The Morgan fingerprint density at radius 2 is 2.35 bits per heavy atom. The average molecular weight is 354 g/mol. The van der Waals surface area contributed by atoms with Crippen LogP contribution in [0.15, 0.2) is 35.8 Å². The number of nitrogens with one attached hydrogen (secondary N) is 3. The van der Waals surface area contributed by atoms with Crippen LogP contribution in [0.3, 0.4) is 0 Å². The molecule has 3 N–H and O–H groups in total. The number of aromatic amines is 1. The van der Waals surface area contributed by atoms with E-state index < -0.39 is 0 Å². The van der Waals surface area contributed by atoms with Crippen molar-refractivity contribution < 1.29 is 9.32 Å². The summed E-state index contributed by atoms with van der Waals surface area (Å²) in [6.07, 6.45) is 7.89. The van der Waals surface area contributed by atoms with Gasteiger partial charge in [0.05, 0.1) is 17.8 Å². The Morgan fingerprint density at radius 3 is 3.15 bits per heavy atom. The van der Waals surface area contributed by atoms with Gasteiger partial charge in [0.1, 0.15) is 17.8 Å². The fourth-order valence-electron chi connectivity index (χ4n) is 3.01. The highest BCUT2D eigenvalue weighted by Crippen LogP contribution is 2.24. The number of piperidine rings is 1. The molecule has 0 bridgehead atoms. The van der Waals surface area contributed by atoms with Crippen LogP contribution in [0.4, 0.5) is 17.5 Å². The summed E-state index contributed by atoms with van der Waals surface area (Å²) in [5.74, 6) is 0.991. The van der Waals surface area contributed by atoms with Gasteiger partial charge in [-0.15, -0.1) is 0 Å². The number of rotatable bonds is 5. The highest BCUT2D eigenvalue weighted by molar-refractivity contribution is 5.88. The van der Waals surface area contributed by atoms with Crippen molar-refractivity contribution in [1.29, 1.82) is 0 Å². The number of hydrogen-bond donors (Lipinski definition) is 3. The molecule has 3 aromatic heterocycles. The molecule has 1 saturated heterocycles. The number of carbonyl (C=O) groups excluding carboxylic acids is 1. The highest BCUT2D eigenvalue weighted by Gasteiger charge is 2.23. The highest BCUT2D eigenvalue weighted by atomic mass is 16.5. The third kappa shape index (κ3) is 3.21. The van der Waals surface area contributed by atoms with Crippen LogP contribution in [0, 0.1) is 0 Å². The average Bonchev–Trinajstić information content (AvgIpc) is 3.33. The molecule has 0 aromatic carbocycles. The maximum atomic E-state index is 11.9. The number of H-pyrrole nitrogens is 1. The van der Waals surface area contributed by atoms with E-state index >= 15 is 0 Å². The van der Waals surface area contributed by atoms with Gasteiger partial charge in [-0.1, -0.05) is 11.7 Å². The van der Waals surface area contributed by atoms with E-state index in [0.29, 0.717) is 29.6 Å². The lowest BCUT2D eigenvalue weighted by Crippen LogP contribution is -2.44. The van der Waals surface area contributed by atoms with E-state index in [1.807, 2.05) is 0 Å². The summed E-state index contributed by atoms with van der Waals surface area (Å²) >= 11 is 0. The zero-order valence-electron chi connectivity index (χ0n) is 14.0. The van der Waals surface area contributed by atoms with Crippen molar-refractivity contribution in [3.05, 3.63) is 31.3 Å². The number of amides is 1. The number of likely N-dealkylation sites (tertiary alicyclic amines) is 1. The van der Waals surface area contributed by atoms with Crippen molar-refractivity contribution in [2.45, 2.75) is 18.9 Å². The van der Waals surface area contributed by atoms with E-state index in [2.05, 4.69) is 42.5 Å². The summed E-state index contributed by atoms with van der Waals surface area (Å²) in [7, 11) is 0. The second-order valence-electron chi connectivity index (χ2n) is 6.04. The molecule has 26 heavy (non-hydrogen) atoms. The predicted octanol–water partition coefficient (Wildman–Crippen LogP) is 1.67. The lowest BCUT2D eigenvalue weighted by Gasteiger charge is -2.32. The third-order valence-electron chi connectivity index (χ3n) is 4.25. The van der Waals surface area contributed by atoms with E-state index in [1.165, 1.54) is 18.5 Å². The summed E-state index contributed by atoms with van der Waals surface area (Å²) in [6.45, 7) is 4.90. The second kappa shape index (κ2) is 6.82. The van der Waals surface area contributed by atoms with Gasteiger partial charge in [0.25, 0.3) is 0 Å². The molecule has 4 heterocycles. The second-order valence-corrected chi connectivity index (χ2v) is 6.04. The van der Waals surface area contributed by atoms with E-state index in [-0.39, 0.29) is 11.9 Å². The largest absolute Gasteiger partial charge is 0.365 e. The van der Waals surface area contributed by atoms with Crippen LogP contribution in [0.1, 0.15) is 12.8 Å². The zero-order valence-corrected chi connectivity index (χ0v) is 14.0. The van der Waals surface area contributed by atoms with Gasteiger partial charge in [-0.05, 0) is 18.9 Å². The van der Waals surface area contributed by atoms with E-state index in [0.717, 1.165) is 24.8 Å². The first-order chi connectivity index (χ1) is 12.7. The zero-order chi connectivity index (χ0) is 17.9. The topological polar surface area (TPSA) is 125 Å². The summed E-state index contributed by atoms with van der Waals surface area (Å²) < 4.78 is 4.81. The maximum Gasteiger partial charge on any atom is 0.246 e.